The van der Waals surface area contributed by atoms with Crippen LogP contribution in [0.15, 0.2) is 36.4 Å². The van der Waals surface area contributed by atoms with E-state index in [1.54, 1.807) is 18.2 Å². The summed E-state index contributed by atoms with van der Waals surface area (Å²) in [7, 11) is 0. The van der Waals surface area contributed by atoms with Gasteiger partial charge in [0.05, 0.1) is 6.04 Å². The minimum Gasteiger partial charge on any atom is -0.508 e. The second-order valence-electron chi connectivity index (χ2n) is 6.09. The lowest BCUT2D eigenvalue weighted by Gasteiger charge is -2.13. The number of carbonyl (C=O) groups is 1. The van der Waals surface area contributed by atoms with Gasteiger partial charge in [0.25, 0.3) is 0 Å². The number of halogens is 1. The molecule has 2 aromatic carbocycles. The molecule has 1 amide bonds. The number of rotatable bonds is 3. The van der Waals surface area contributed by atoms with Crippen LogP contribution in [0.1, 0.15) is 29.2 Å². The Labute approximate surface area is 146 Å². The molecule has 24 heavy (non-hydrogen) atoms. The predicted molar refractivity (Wildman–Crippen MR) is 95.1 cm³/mol. The van der Waals surface area contributed by atoms with Gasteiger partial charge in [0.1, 0.15) is 11.8 Å². The maximum atomic E-state index is 12.5. The number of nitrogens with one attached hydrogen (secondary N) is 3. The Morgan fingerprint density at radius 2 is 2.04 bits per heavy atom. The summed E-state index contributed by atoms with van der Waals surface area (Å²) in [6.07, 6.45) is 0.544. The van der Waals surface area contributed by atoms with Gasteiger partial charge >= 0.3 is 0 Å². The van der Waals surface area contributed by atoms with Crippen LogP contribution in [0.4, 0.5) is 5.69 Å². The van der Waals surface area contributed by atoms with Gasteiger partial charge in [-0.15, -0.1) is 0 Å². The summed E-state index contributed by atoms with van der Waals surface area (Å²) in [4.78, 5) is 12.5. The highest BCUT2D eigenvalue weighted by Crippen LogP contribution is 2.31. The standard InChI is InChI=1S/C18H20ClN3O2/c1-10-6-7-12(17(23)8-10)15-9-16(22-21-15)18(24)20-14-5-3-4-13(19)11(14)2/h3-8,15-16,21-23H,9H2,1-2H3,(H,20,24). The molecule has 0 aliphatic carbocycles. The van der Waals surface area contributed by atoms with Gasteiger partial charge in [-0.05, 0) is 49.6 Å². The molecule has 0 bridgehead atoms. The van der Waals surface area contributed by atoms with Gasteiger partial charge in [-0.1, -0.05) is 29.8 Å². The highest BCUT2D eigenvalue weighted by atomic mass is 35.5. The molecular formula is C18H20ClN3O2. The number of aryl methyl sites for hydroxylation is 1. The van der Waals surface area contributed by atoms with Crippen molar-refractivity contribution in [3.63, 3.8) is 0 Å². The maximum Gasteiger partial charge on any atom is 0.242 e. The van der Waals surface area contributed by atoms with Gasteiger partial charge in [-0.3, -0.25) is 4.79 Å². The molecule has 1 saturated heterocycles. The van der Waals surface area contributed by atoms with Crippen LogP contribution in [-0.4, -0.2) is 17.1 Å². The minimum atomic E-state index is -0.394. The zero-order valence-corrected chi connectivity index (χ0v) is 14.3. The van der Waals surface area contributed by atoms with E-state index >= 15 is 0 Å². The number of hydrazine groups is 1. The van der Waals surface area contributed by atoms with Crippen LogP contribution in [0.2, 0.25) is 5.02 Å². The summed E-state index contributed by atoms with van der Waals surface area (Å²) in [5, 5.41) is 13.6. The van der Waals surface area contributed by atoms with E-state index < -0.39 is 6.04 Å². The van der Waals surface area contributed by atoms with Gasteiger partial charge in [0.15, 0.2) is 0 Å². The lowest BCUT2D eigenvalue weighted by Crippen LogP contribution is -2.39. The molecule has 1 aliphatic rings. The van der Waals surface area contributed by atoms with Crippen molar-refractivity contribution >= 4 is 23.2 Å². The topological polar surface area (TPSA) is 73.4 Å². The molecule has 2 atom stereocenters. The van der Waals surface area contributed by atoms with Crippen molar-refractivity contribution in [1.82, 2.24) is 10.9 Å². The van der Waals surface area contributed by atoms with Crippen LogP contribution < -0.4 is 16.2 Å². The SMILES string of the molecule is Cc1ccc(C2CC(C(=O)Nc3cccc(Cl)c3C)NN2)c(O)c1. The van der Waals surface area contributed by atoms with Crippen LogP contribution in [0.5, 0.6) is 5.75 Å². The van der Waals surface area contributed by atoms with Crippen LogP contribution in [0, 0.1) is 13.8 Å². The van der Waals surface area contributed by atoms with E-state index in [-0.39, 0.29) is 17.7 Å². The molecular weight excluding hydrogens is 326 g/mol. The molecule has 4 N–H and O–H groups in total. The minimum absolute atomic E-state index is 0.123. The number of anilines is 1. The van der Waals surface area contributed by atoms with Crippen LogP contribution in [-0.2, 0) is 4.79 Å². The molecule has 0 saturated carbocycles. The number of aromatic hydroxyl groups is 1. The first-order valence-electron chi connectivity index (χ1n) is 7.82. The van der Waals surface area contributed by atoms with Crippen molar-refractivity contribution in [3.05, 3.63) is 58.1 Å². The third kappa shape index (κ3) is 3.38. The Balaban J connectivity index is 1.69. The van der Waals surface area contributed by atoms with Crippen LogP contribution in [0.3, 0.4) is 0 Å². The van der Waals surface area contributed by atoms with E-state index in [0.29, 0.717) is 17.1 Å². The van der Waals surface area contributed by atoms with E-state index in [9.17, 15) is 9.90 Å². The Hall–Kier alpha value is -2.08. The second-order valence-corrected chi connectivity index (χ2v) is 6.50. The Morgan fingerprint density at radius 3 is 2.79 bits per heavy atom. The molecule has 2 aromatic rings. The zero-order valence-electron chi connectivity index (χ0n) is 13.6. The number of carbonyl (C=O) groups excluding carboxylic acids is 1. The van der Waals surface area contributed by atoms with Crippen LogP contribution in [0.25, 0.3) is 0 Å². The van der Waals surface area contributed by atoms with E-state index in [0.717, 1.165) is 16.7 Å². The number of phenolic OH excluding ortho intramolecular Hbond substituents is 1. The molecule has 1 fully saturated rings. The van der Waals surface area contributed by atoms with Crippen molar-refractivity contribution in [2.45, 2.75) is 32.4 Å². The number of hydrogen-bond donors (Lipinski definition) is 4. The molecule has 6 heteroatoms. The van der Waals surface area contributed by atoms with Crippen molar-refractivity contribution in [1.29, 1.82) is 0 Å². The van der Waals surface area contributed by atoms with E-state index in [1.807, 2.05) is 32.0 Å². The molecule has 126 valence electrons. The normalized spacial score (nSPS) is 20.1. The molecule has 0 radical (unpaired) electrons. The lowest BCUT2D eigenvalue weighted by molar-refractivity contribution is -0.117. The summed E-state index contributed by atoms with van der Waals surface area (Å²) >= 11 is 6.08. The molecule has 1 heterocycles. The van der Waals surface area contributed by atoms with Crippen LogP contribution >= 0.6 is 11.6 Å². The fourth-order valence-electron chi connectivity index (χ4n) is 2.84. The molecule has 2 unspecified atom stereocenters. The third-order valence-corrected chi connectivity index (χ3v) is 4.72. The van der Waals surface area contributed by atoms with Crippen molar-refractivity contribution < 1.29 is 9.90 Å². The number of hydrogen-bond acceptors (Lipinski definition) is 4. The number of phenols is 1. The monoisotopic (exact) mass is 345 g/mol. The summed E-state index contributed by atoms with van der Waals surface area (Å²) in [5.41, 5.74) is 9.39. The summed E-state index contributed by atoms with van der Waals surface area (Å²) in [6, 6.07) is 10.4. The average Bonchev–Trinajstić information content (AvgIpc) is 3.01. The molecule has 3 rings (SSSR count). The highest BCUT2D eigenvalue weighted by Gasteiger charge is 2.31. The predicted octanol–water partition coefficient (Wildman–Crippen LogP) is 3.21. The van der Waals surface area contributed by atoms with Gasteiger partial charge in [0, 0.05) is 16.3 Å². The number of benzene rings is 2. The Kier molecular flexibility index (Phi) is 4.76. The summed E-state index contributed by atoms with van der Waals surface area (Å²) in [6.45, 7) is 3.79. The third-order valence-electron chi connectivity index (χ3n) is 4.31. The van der Waals surface area contributed by atoms with Gasteiger partial charge in [0.2, 0.25) is 5.91 Å². The number of amides is 1. The van der Waals surface area contributed by atoms with Gasteiger partial charge < -0.3 is 10.4 Å². The maximum absolute atomic E-state index is 12.5. The van der Waals surface area contributed by atoms with Gasteiger partial charge in [-0.25, -0.2) is 10.9 Å². The van der Waals surface area contributed by atoms with Crippen molar-refractivity contribution in [2.75, 3.05) is 5.32 Å². The Morgan fingerprint density at radius 1 is 1.25 bits per heavy atom. The Bertz CT molecular complexity index is 779. The smallest absolute Gasteiger partial charge is 0.242 e. The summed E-state index contributed by atoms with van der Waals surface area (Å²) in [5.74, 6) is 0.100. The quantitative estimate of drug-likeness (QED) is 0.689. The highest BCUT2D eigenvalue weighted by molar-refractivity contribution is 6.31. The zero-order chi connectivity index (χ0) is 17.3. The molecule has 0 aromatic heterocycles. The van der Waals surface area contributed by atoms with E-state index in [1.165, 1.54) is 0 Å². The van der Waals surface area contributed by atoms with Gasteiger partial charge in [-0.2, -0.15) is 0 Å². The van der Waals surface area contributed by atoms with Crippen molar-refractivity contribution in [2.24, 2.45) is 0 Å². The van der Waals surface area contributed by atoms with E-state index in [4.69, 9.17) is 11.6 Å². The van der Waals surface area contributed by atoms with E-state index in [2.05, 4.69) is 16.2 Å². The summed E-state index contributed by atoms with van der Waals surface area (Å²) < 4.78 is 0. The average molecular weight is 346 g/mol. The fraction of sp³-hybridized carbons (Fsp3) is 0.278. The molecule has 1 aliphatic heterocycles. The largest absolute Gasteiger partial charge is 0.508 e. The fourth-order valence-corrected chi connectivity index (χ4v) is 3.02. The molecule has 5 nitrogen and oxygen atoms in total. The van der Waals surface area contributed by atoms with Crippen molar-refractivity contribution in [3.8, 4) is 5.75 Å². The second kappa shape index (κ2) is 6.81. The molecule has 0 spiro atoms. The first-order chi connectivity index (χ1) is 11.5. The first kappa shape index (κ1) is 16.8. The first-order valence-corrected chi connectivity index (χ1v) is 8.20. The lowest BCUT2D eigenvalue weighted by atomic mass is 9.99.